The summed E-state index contributed by atoms with van der Waals surface area (Å²) < 4.78 is 17.7. The largest absolute Gasteiger partial charge is 0.497 e. The zero-order valence-corrected chi connectivity index (χ0v) is 9.09. The Labute approximate surface area is 89.8 Å². The second-order valence-electron chi connectivity index (χ2n) is 3.15. The number of benzene rings is 1. The summed E-state index contributed by atoms with van der Waals surface area (Å²) in [5.74, 6) is 0.739. The quantitative estimate of drug-likeness (QED) is 0.804. The molecule has 0 aromatic heterocycles. The Hall–Kier alpha value is -1.35. The van der Waals surface area contributed by atoms with Crippen LogP contribution in [0.3, 0.4) is 0 Å². The average molecular weight is 209 g/mol. The van der Waals surface area contributed by atoms with Gasteiger partial charge in [-0.15, -0.1) is 0 Å². The molecule has 3 heteroatoms. The molecule has 1 N–H and O–H groups in total. The molecule has 0 heterocycles. The van der Waals surface area contributed by atoms with Crippen molar-refractivity contribution in [3.8, 4) is 5.75 Å². The Kier molecular flexibility index (Phi) is 4.84. The molecule has 15 heavy (non-hydrogen) atoms. The van der Waals surface area contributed by atoms with Crippen LogP contribution >= 0.6 is 0 Å². The molecule has 0 aliphatic rings. The number of hydrogen-bond acceptors (Lipinski definition) is 2. The minimum absolute atomic E-state index is 0.528. The topological polar surface area (TPSA) is 21.3 Å². The minimum Gasteiger partial charge on any atom is -0.497 e. The van der Waals surface area contributed by atoms with Gasteiger partial charge in [0.15, 0.2) is 0 Å². The highest BCUT2D eigenvalue weighted by Gasteiger charge is 2.02. The molecule has 1 aromatic carbocycles. The van der Waals surface area contributed by atoms with Crippen molar-refractivity contribution in [3.63, 3.8) is 0 Å². The van der Waals surface area contributed by atoms with Gasteiger partial charge in [0.05, 0.1) is 13.4 Å². The van der Waals surface area contributed by atoms with Gasteiger partial charge in [0.2, 0.25) is 0 Å². The number of methoxy groups -OCH3 is 1. The van der Waals surface area contributed by atoms with Crippen molar-refractivity contribution in [2.24, 2.45) is 0 Å². The molecule has 0 radical (unpaired) electrons. The Bertz CT molecular complexity index is 336. The van der Waals surface area contributed by atoms with Gasteiger partial charge in [-0.1, -0.05) is 19.1 Å². The van der Waals surface area contributed by atoms with Crippen LogP contribution in [0.1, 0.15) is 12.5 Å². The molecule has 0 amide bonds. The van der Waals surface area contributed by atoms with Gasteiger partial charge in [-0.05, 0) is 24.2 Å². The maximum atomic E-state index is 12.7. The van der Waals surface area contributed by atoms with Crippen molar-refractivity contribution in [1.82, 2.24) is 5.32 Å². The Morgan fingerprint density at radius 1 is 1.53 bits per heavy atom. The first-order valence-electron chi connectivity index (χ1n) is 4.96. The van der Waals surface area contributed by atoms with Crippen LogP contribution in [0.4, 0.5) is 4.39 Å². The lowest BCUT2D eigenvalue weighted by Gasteiger charge is -2.08. The average Bonchev–Trinajstić information content (AvgIpc) is 2.30. The first kappa shape index (κ1) is 11.7. The first-order chi connectivity index (χ1) is 7.31. The van der Waals surface area contributed by atoms with Crippen molar-refractivity contribution in [1.29, 1.82) is 0 Å². The highest BCUT2D eigenvalue weighted by Crippen LogP contribution is 2.19. The third-order valence-corrected chi connectivity index (χ3v) is 2.14. The summed E-state index contributed by atoms with van der Waals surface area (Å²) in [5, 5.41) is 3.09. The SMILES string of the molecule is CCNCC(=CF)c1cccc(OC)c1. The monoisotopic (exact) mass is 209 g/mol. The van der Waals surface area contributed by atoms with Crippen LogP contribution in [0.25, 0.3) is 5.57 Å². The van der Waals surface area contributed by atoms with Crippen molar-refractivity contribution < 1.29 is 9.13 Å². The molecule has 0 bridgehead atoms. The number of rotatable bonds is 5. The second kappa shape index (κ2) is 6.19. The Balaban J connectivity index is 2.82. The number of hydrogen-bond donors (Lipinski definition) is 1. The van der Waals surface area contributed by atoms with Crippen molar-refractivity contribution >= 4 is 5.57 Å². The molecular weight excluding hydrogens is 193 g/mol. The van der Waals surface area contributed by atoms with Crippen LogP contribution in [-0.4, -0.2) is 20.2 Å². The van der Waals surface area contributed by atoms with Gasteiger partial charge in [-0.25, -0.2) is 4.39 Å². The van der Waals surface area contributed by atoms with Crippen molar-refractivity contribution in [2.45, 2.75) is 6.92 Å². The van der Waals surface area contributed by atoms with Gasteiger partial charge in [0, 0.05) is 12.1 Å². The molecule has 82 valence electrons. The standard InChI is InChI=1S/C12H16FNO/c1-3-14-9-11(8-13)10-5-4-6-12(7-10)15-2/h4-8,14H,3,9H2,1-2H3. The summed E-state index contributed by atoms with van der Waals surface area (Å²) in [7, 11) is 1.60. The number of nitrogens with one attached hydrogen (secondary N) is 1. The van der Waals surface area contributed by atoms with Crippen molar-refractivity contribution in [2.75, 3.05) is 20.2 Å². The smallest absolute Gasteiger partial charge is 0.119 e. The predicted molar refractivity (Wildman–Crippen MR) is 60.6 cm³/mol. The van der Waals surface area contributed by atoms with Gasteiger partial charge >= 0.3 is 0 Å². The van der Waals surface area contributed by atoms with E-state index < -0.39 is 0 Å². The van der Waals surface area contributed by atoms with E-state index in [1.807, 2.05) is 31.2 Å². The van der Waals surface area contributed by atoms with Crippen LogP contribution in [0.5, 0.6) is 5.75 Å². The van der Waals surface area contributed by atoms with Gasteiger partial charge < -0.3 is 10.1 Å². The van der Waals surface area contributed by atoms with E-state index in [-0.39, 0.29) is 0 Å². The molecule has 2 nitrogen and oxygen atoms in total. The van der Waals surface area contributed by atoms with E-state index in [4.69, 9.17) is 4.74 Å². The molecular formula is C12H16FNO. The normalized spacial score (nSPS) is 11.5. The lowest BCUT2D eigenvalue weighted by Crippen LogP contribution is -2.15. The predicted octanol–water partition coefficient (Wildman–Crippen LogP) is 2.62. The van der Waals surface area contributed by atoms with E-state index >= 15 is 0 Å². The van der Waals surface area contributed by atoms with E-state index in [1.54, 1.807) is 7.11 Å². The zero-order chi connectivity index (χ0) is 11.1. The van der Waals surface area contributed by atoms with Crippen LogP contribution in [0.2, 0.25) is 0 Å². The molecule has 0 atom stereocenters. The number of ether oxygens (including phenoxy) is 1. The molecule has 0 aliphatic heterocycles. The van der Waals surface area contributed by atoms with Gasteiger partial charge in [-0.3, -0.25) is 0 Å². The van der Waals surface area contributed by atoms with Crippen LogP contribution < -0.4 is 10.1 Å². The molecule has 0 spiro atoms. The molecule has 0 saturated carbocycles. The van der Waals surface area contributed by atoms with E-state index in [1.165, 1.54) is 0 Å². The summed E-state index contributed by atoms with van der Waals surface area (Å²) in [4.78, 5) is 0. The lowest BCUT2D eigenvalue weighted by molar-refractivity contribution is 0.414. The third kappa shape index (κ3) is 3.36. The fourth-order valence-corrected chi connectivity index (χ4v) is 1.29. The lowest BCUT2D eigenvalue weighted by atomic mass is 10.1. The molecule has 0 unspecified atom stereocenters. The number of halogens is 1. The van der Waals surface area contributed by atoms with Crippen LogP contribution in [-0.2, 0) is 0 Å². The van der Waals surface area contributed by atoms with E-state index in [0.29, 0.717) is 18.4 Å². The van der Waals surface area contributed by atoms with Crippen LogP contribution in [0.15, 0.2) is 30.6 Å². The van der Waals surface area contributed by atoms with Gasteiger partial charge in [0.1, 0.15) is 5.75 Å². The highest BCUT2D eigenvalue weighted by atomic mass is 19.1. The molecule has 0 fully saturated rings. The Morgan fingerprint density at radius 3 is 2.93 bits per heavy atom. The van der Waals surface area contributed by atoms with E-state index in [2.05, 4.69) is 5.32 Å². The first-order valence-corrected chi connectivity index (χ1v) is 4.96. The van der Waals surface area contributed by atoms with Crippen LogP contribution in [0, 0.1) is 0 Å². The third-order valence-electron chi connectivity index (χ3n) is 2.14. The fourth-order valence-electron chi connectivity index (χ4n) is 1.29. The zero-order valence-electron chi connectivity index (χ0n) is 9.09. The number of likely N-dealkylation sites (N-methyl/N-ethyl adjacent to an activating group) is 1. The molecule has 0 aliphatic carbocycles. The van der Waals surface area contributed by atoms with E-state index in [9.17, 15) is 4.39 Å². The Morgan fingerprint density at radius 2 is 2.33 bits per heavy atom. The maximum absolute atomic E-state index is 12.7. The summed E-state index contributed by atoms with van der Waals surface area (Å²) in [6, 6.07) is 7.38. The van der Waals surface area contributed by atoms with Crippen molar-refractivity contribution in [3.05, 3.63) is 36.2 Å². The highest BCUT2D eigenvalue weighted by molar-refractivity contribution is 5.67. The van der Waals surface area contributed by atoms with Gasteiger partial charge in [0.25, 0.3) is 0 Å². The summed E-state index contributed by atoms with van der Waals surface area (Å²) in [6.07, 6.45) is 0.636. The van der Waals surface area contributed by atoms with E-state index in [0.717, 1.165) is 17.9 Å². The molecule has 1 aromatic rings. The fraction of sp³-hybridized carbons (Fsp3) is 0.333. The molecule has 0 saturated heterocycles. The summed E-state index contributed by atoms with van der Waals surface area (Å²) in [6.45, 7) is 3.34. The minimum atomic E-state index is 0.528. The summed E-state index contributed by atoms with van der Waals surface area (Å²) >= 11 is 0. The van der Waals surface area contributed by atoms with Gasteiger partial charge in [-0.2, -0.15) is 0 Å². The molecule has 1 rings (SSSR count). The second-order valence-corrected chi connectivity index (χ2v) is 3.15. The maximum Gasteiger partial charge on any atom is 0.119 e. The summed E-state index contributed by atoms with van der Waals surface area (Å²) in [5.41, 5.74) is 1.48.